The van der Waals surface area contributed by atoms with Crippen LogP contribution in [-0.4, -0.2) is 40.9 Å². The predicted molar refractivity (Wildman–Crippen MR) is 69.7 cm³/mol. The van der Waals surface area contributed by atoms with E-state index in [1.165, 1.54) is 0 Å². The Morgan fingerprint density at radius 2 is 2.26 bits per heavy atom. The van der Waals surface area contributed by atoms with E-state index < -0.39 is 11.7 Å². The van der Waals surface area contributed by atoms with E-state index in [0.29, 0.717) is 19.5 Å². The largest absolute Gasteiger partial charge is 0.472 e. The van der Waals surface area contributed by atoms with Gasteiger partial charge in [-0.05, 0) is 38.8 Å². The summed E-state index contributed by atoms with van der Waals surface area (Å²) in [6.45, 7) is 6.35. The van der Waals surface area contributed by atoms with Crippen LogP contribution in [0.15, 0.2) is 23.0 Å². The van der Waals surface area contributed by atoms with Gasteiger partial charge in [0.1, 0.15) is 5.60 Å². The zero-order chi connectivity index (χ0) is 14.0. The number of aliphatic hydroxyl groups excluding tert-OH is 1. The summed E-state index contributed by atoms with van der Waals surface area (Å²) < 4.78 is 10.3. The van der Waals surface area contributed by atoms with Crippen LogP contribution in [0.1, 0.15) is 26.3 Å². The van der Waals surface area contributed by atoms with E-state index in [9.17, 15) is 9.90 Å². The average molecular weight is 267 g/mol. The van der Waals surface area contributed by atoms with Crippen LogP contribution >= 0.6 is 0 Å². The number of nitrogens with zero attached hydrogens (tertiary/aromatic N) is 1. The SMILES string of the molecule is CC(C)(C)OC(=O)N1C[C@@H](Cc2ccoc2)[C@H](O)C1. The lowest BCUT2D eigenvalue weighted by atomic mass is 9.98. The maximum Gasteiger partial charge on any atom is 0.410 e. The Morgan fingerprint density at radius 1 is 1.53 bits per heavy atom. The molecule has 5 nitrogen and oxygen atoms in total. The fraction of sp³-hybridized carbons (Fsp3) is 0.643. The van der Waals surface area contributed by atoms with Crippen LogP contribution in [0.3, 0.4) is 0 Å². The first-order chi connectivity index (χ1) is 8.85. The first-order valence-corrected chi connectivity index (χ1v) is 6.52. The van der Waals surface area contributed by atoms with Crippen LogP contribution in [0.4, 0.5) is 4.79 Å². The number of aliphatic hydroxyl groups is 1. The summed E-state index contributed by atoms with van der Waals surface area (Å²) in [5.74, 6) is 0.0325. The average Bonchev–Trinajstić information content (AvgIpc) is 2.88. The highest BCUT2D eigenvalue weighted by atomic mass is 16.6. The molecular formula is C14H21NO4. The van der Waals surface area contributed by atoms with Crippen LogP contribution < -0.4 is 0 Å². The van der Waals surface area contributed by atoms with Crippen molar-refractivity contribution < 1.29 is 19.1 Å². The molecule has 1 aliphatic heterocycles. The van der Waals surface area contributed by atoms with E-state index in [1.807, 2.05) is 26.8 Å². The number of hydrogen-bond donors (Lipinski definition) is 1. The van der Waals surface area contributed by atoms with E-state index in [2.05, 4.69) is 0 Å². The van der Waals surface area contributed by atoms with Crippen LogP contribution in [0.2, 0.25) is 0 Å². The van der Waals surface area contributed by atoms with Crippen molar-refractivity contribution in [2.45, 2.75) is 38.9 Å². The molecule has 1 aliphatic rings. The Morgan fingerprint density at radius 3 is 2.84 bits per heavy atom. The molecule has 1 fully saturated rings. The monoisotopic (exact) mass is 267 g/mol. The second kappa shape index (κ2) is 5.25. The number of carbonyl (C=O) groups excluding carboxylic acids is 1. The van der Waals surface area contributed by atoms with Gasteiger partial charge in [-0.25, -0.2) is 4.79 Å². The van der Waals surface area contributed by atoms with E-state index >= 15 is 0 Å². The third kappa shape index (κ3) is 3.73. The molecule has 2 heterocycles. The van der Waals surface area contributed by atoms with Gasteiger partial charge in [-0.3, -0.25) is 0 Å². The number of furan rings is 1. The van der Waals surface area contributed by atoms with Gasteiger partial charge in [-0.1, -0.05) is 0 Å². The third-order valence-corrected chi connectivity index (χ3v) is 3.14. The summed E-state index contributed by atoms with van der Waals surface area (Å²) in [5.41, 5.74) is 0.528. The smallest absolute Gasteiger partial charge is 0.410 e. The molecule has 0 aromatic carbocycles. The minimum atomic E-state index is -0.512. The number of β-amino-alcohol motifs (C(OH)–C–C–N with tert-alkyl or cyclic N) is 1. The molecule has 1 saturated heterocycles. The molecule has 19 heavy (non-hydrogen) atoms. The Bertz CT molecular complexity index is 421. The number of hydrogen-bond acceptors (Lipinski definition) is 4. The summed E-state index contributed by atoms with van der Waals surface area (Å²) in [6, 6.07) is 1.88. The van der Waals surface area contributed by atoms with E-state index in [0.717, 1.165) is 5.56 Å². The van der Waals surface area contributed by atoms with Crippen molar-refractivity contribution >= 4 is 6.09 Å². The zero-order valence-corrected chi connectivity index (χ0v) is 11.6. The molecule has 5 heteroatoms. The second-order valence-corrected chi connectivity index (χ2v) is 6.05. The van der Waals surface area contributed by atoms with Gasteiger partial charge in [0.25, 0.3) is 0 Å². The molecule has 0 spiro atoms. The van der Waals surface area contributed by atoms with Gasteiger partial charge in [-0.2, -0.15) is 0 Å². The van der Waals surface area contributed by atoms with Crippen molar-refractivity contribution in [3.05, 3.63) is 24.2 Å². The van der Waals surface area contributed by atoms with E-state index in [1.54, 1.807) is 17.4 Å². The summed E-state index contributed by atoms with van der Waals surface area (Å²) in [5, 5.41) is 10.0. The molecule has 1 aromatic rings. The summed E-state index contributed by atoms with van der Waals surface area (Å²) in [6.07, 6.45) is 3.12. The molecular weight excluding hydrogens is 246 g/mol. The molecule has 2 rings (SSSR count). The lowest BCUT2D eigenvalue weighted by Gasteiger charge is -2.24. The van der Waals surface area contributed by atoms with Gasteiger partial charge >= 0.3 is 6.09 Å². The highest BCUT2D eigenvalue weighted by molar-refractivity contribution is 5.68. The van der Waals surface area contributed by atoms with Crippen LogP contribution in [0.5, 0.6) is 0 Å². The van der Waals surface area contributed by atoms with Gasteiger partial charge in [0, 0.05) is 12.5 Å². The predicted octanol–water partition coefficient (Wildman–Crippen LogP) is 2.05. The summed E-state index contributed by atoms with van der Waals surface area (Å²) in [4.78, 5) is 13.5. The maximum atomic E-state index is 11.9. The first kappa shape index (κ1) is 13.9. The number of rotatable bonds is 2. The Labute approximate surface area is 113 Å². The number of ether oxygens (including phenoxy) is 1. The van der Waals surface area contributed by atoms with Crippen molar-refractivity contribution in [1.82, 2.24) is 4.90 Å². The van der Waals surface area contributed by atoms with Crippen molar-refractivity contribution in [2.24, 2.45) is 5.92 Å². The lowest BCUT2D eigenvalue weighted by Crippen LogP contribution is -2.35. The van der Waals surface area contributed by atoms with E-state index in [4.69, 9.17) is 9.15 Å². The highest BCUT2D eigenvalue weighted by Crippen LogP contribution is 2.23. The van der Waals surface area contributed by atoms with Crippen molar-refractivity contribution in [3.8, 4) is 0 Å². The molecule has 0 saturated carbocycles. The number of carbonyl (C=O) groups is 1. The maximum absolute atomic E-state index is 11.9. The Kier molecular flexibility index (Phi) is 3.85. The topological polar surface area (TPSA) is 62.9 Å². The summed E-state index contributed by atoms with van der Waals surface area (Å²) in [7, 11) is 0. The highest BCUT2D eigenvalue weighted by Gasteiger charge is 2.36. The van der Waals surface area contributed by atoms with Crippen LogP contribution in [-0.2, 0) is 11.2 Å². The molecule has 106 valence electrons. The molecule has 1 aromatic heterocycles. The van der Waals surface area contributed by atoms with Gasteiger partial charge in [0.15, 0.2) is 0 Å². The molecule has 0 aliphatic carbocycles. The standard InChI is InChI=1S/C14H21NO4/c1-14(2,3)19-13(17)15-7-11(12(16)8-15)6-10-4-5-18-9-10/h4-5,9,11-12,16H,6-8H2,1-3H3/t11-,12-/m1/s1. The minimum Gasteiger partial charge on any atom is -0.472 e. The molecule has 2 atom stereocenters. The molecule has 0 radical (unpaired) electrons. The first-order valence-electron chi connectivity index (χ1n) is 6.52. The van der Waals surface area contributed by atoms with Crippen molar-refractivity contribution in [1.29, 1.82) is 0 Å². The Hall–Kier alpha value is -1.49. The van der Waals surface area contributed by atoms with Gasteiger partial charge in [0.05, 0.1) is 25.2 Å². The molecule has 1 N–H and O–H groups in total. The van der Waals surface area contributed by atoms with E-state index in [-0.39, 0.29) is 12.0 Å². The number of likely N-dealkylation sites (tertiary alicyclic amines) is 1. The molecule has 0 bridgehead atoms. The minimum absolute atomic E-state index is 0.0325. The second-order valence-electron chi connectivity index (χ2n) is 6.05. The van der Waals surface area contributed by atoms with Gasteiger partial charge in [0.2, 0.25) is 0 Å². The van der Waals surface area contributed by atoms with Crippen LogP contribution in [0.25, 0.3) is 0 Å². The zero-order valence-electron chi connectivity index (χ0n) is 11.6. The normalized spacial score (nSPS) is 23.7. The summed E-state index contributed by atoms with van der Waals surface area (Å²) >= 11 is 0. The fourth-order valence-corrected chi connectivity index (χ4v) is 2.24. The van der Waals surface area contributed by atoms with Crippen molar-refractivity contribution in [3.63, 3.8) is 0 Å². The molecule has 0 unspecified atom stereocenters. The third-order valence-electron chi connectivity index (χ3n) is 3.14. The van der Waals surface area contributed by atoms with Crippen molar-refractivity contribution in [2.75, 3.05) is 13.1 Å². The fourth-order valence-electron chi connectivity index (χ4n) is 2.24. The van der Waals surface area contributed by atoms with Gasteiger partial charge in [-0.15, -0.1) is 0 Å². The Balaban J connectivity index is 1.91. The molecule has 1 amide bonds. The number of amides is 1. The lowest BCUT2D eigenvalue weighted by molar-refractivity contribution is 0.0270. The van der Waals surface area contributed by atoms with Gasteiger partial charge < -0.3 is 19.2 Å². The quantitative estimate of drug-likeness (QED) is 0.890. The van der Waals surface area contributed by atoms with Crippen LogP contribution in [0, 0.1) is 5.92 Å².